The third-order valence-electron chi connectivity index (χ3n) is 4.12. The number of carbonyl (C=O) groups excluding carboxylic acids is 1. The number of halogens is 2. The van der Waals surface area contributed by atoms with Crippen LogP contribution in [0, 0.1) is 11.6 Å². The van der Waals surface area contributed by atoms with E-state index in [2.05, 4.69) is 10.1 Å². The molecule has 1 amide bonds. The van der Waals surface area contributed by atoms with Crippen LogP contribution in [0.3, 0.4) is 0 Å². The monoisotopic (exact) mass is 341 g/mol. The fraction of sp³-hybridized carbons (Fsp3) is 0.167. The van der Waals surface area contributed by atoms with Crippen LogP contribution < -0.4 is 4.90 Å². The fourth-order valence-electron chi connectivity index (χ4n) is 2.91. The molecule has 25 heavy (non-hydrogen) atoms. The lowest BCUT2D eigenvalue weighted by atomic mass is 10.1. The maximum atomic E-state index is 13.4. The Bertz CT molecular complexity index is 941. The predicted molar refractivity (Wildman–Crippen MR) is 85.8 cm³/mol. The average molecular weight is 341 g/mol. The Labute approximate surface area is 141 Å². The van der Waals surface area contributed by atoms with Crippen LogP contribution in [0.2, 0.25) is 0 Å². The molecule has 3 aromatic rings. The second-order valence-corrected chi connectivity index (χ2v) is 5.85. The number of amides is 1. The summed E-state index contributed by atoms with van der Waals surface area (Å²) in [6, 6.07) is 11.7. The number of aromatic nitrogens is 2. The molecule has 0 aliphatic carbocycles. The Hall–Kier alpha value is -3.09. The maximum absolute atomic E-state index is 13.4. The van der Waals surface area contributed by atoms with Crippen molar-refractivity contribution in [1.29, 1.82) is 0 Å². The molecular formula is C18H13F2N3O2. The van der Waals surface area contributed by atoms with Crippen LogP contribution in [0.25, 0.3) is 11.5 Å². The van der Waals surface area contributed by atoms with Gasteiger partial charge in [-0.1, -0.05) is 17.3 Å². The van der Waals surface area contributed by atoms with Crippen molar-refractivity contribution in [3.63, 3.8) is 0 Å². The summed E-state index contributed by atoms with van der Waals surface area (Å²) in [4.78, 5) is 18.1. The van der Waals surface area contributed by atoms with Crippen molar-refractivity contribution in [3.05, 3.63) is 66.0 Å². The molecule has 5 nitrogen and oxygen atoms in total. The SMILES string of the molecule is O=C1CC(c2noc(-c3cccc(F)c3)n2)CN1c1cccc(F)c1. The van der Waals surface area contributed by atoms with Gasteiger partial charge in [0, 0.05) is 30.1 Å². The molecule has 126 valence electrons. The zero-order chi connectivity index (χ0) is 17.4. The second-order valence-electron chi connectivity index (χ2n) is 5.85. The predicted octanol–water partition coefficient (Wildman–Crippen LogP) is 3.54. The topological polar surface area (TPSA) is 59.2 Å². The standard InChI is InChI=1S/C18H13F2N3O2/c19-13-4-1-3-11(7-13)18-21-17(22-25-18)12-8-16(24)23(10-12)15-6-2-5-14(20)9-15/h1-7,9,12H,8,10H2. The van der Waals surface area contributed by atoms with Crippen molar-refractivity contribution in [1.82, 2.24) is 10.1 Å². The minimum absolute atomic E-state index is 0.132. The van der Waals surface area contributed by atoms with Crippen molar-refractivity contribution < 1.29 is 18.1 Å². The molecule has 0 N–H and O–H groups in total. The van der Waals surface area contributed by atoms with Gasteiger partial charge in [-0.3, -0.25) is 4.79 Å². The van der Waals surface area contributed by atoms with E-state index >= 15 is 0 Å². The van der Waals surface area contributed by atoms with Gasteiger partial charge in [-0.25, -0.2) is 8.78 Å². The van der Waals surface area contributed by atoms with Gasteiger partial charge in [0.1, 0.15) is 11.6 Å². The summed E-state index contributed by atoms with van der Waals surface area (Å²) in [5.41, 5.74) is 0.978. The van der Waals surface area contributed by atoms with Gasteiger partial charge in [0.05, 0.1) is 0 Å². The van der Waals surface area contributed by atoms with E-state index < -0.39 is 11.6 Å². The van der Waals surface area contributed by atoms with Gasteiger partial charge in [0.15, 0.2) is 5.82 Å². The average Bonchev–Trinajstić information content (AvgIpc) is 3.21. The summed E-state index contributed by atoms with van der Waals surface area (Å²) in [6.45, 7) is 0.338. The van der Waals surface area contributed by atoms with E-state index in [-0.39, 0.29) is 24.1 Å². The molecule has 1 atom stereocenters. The first-order valence-corrected chi connectivity index (χ1v) is 7.75. The lowest BCUT2D eigenvalue weighted by Crippen LogP contribution is -2.24. The number of anilines is 1. The zero-order valence-corrected chi connectivity index (χ0v) is 13.0. The van der Waals surface area contributed by atoms with Gasteiger partial charge < -0.3 is 9.42 Å². The van der Waals surface area contributed by atoms with Gasteiger partial charge in [-0.2, -0.15) is 4.98 Å². The van der Waals surface area contributed by atoms with Gasteiger partial charge in [0.25, 0.3) is 5.89 Å². The molecule has 1 saturated heterocycles. The van der Waals surface area contributed by atoms with Crippen LogP contribution in [0.4, 0.5) is 14.5 Å². The number of hydrogen-bond donors (Lipinski definition) is 0. The van der Waals surface area contributed by atoms with Crippen LogP contribution in [0.5, 0.6) is 0 Å². The molecule has 1 aliphatic rings. The van der Waals surface area contributed by atoms with Crippen LogP contribution in [0.1, 0.15) is 18.2 Å². The summed E-state index contributed by atoms with van der Waals surface area (Å²) in [5, 5.41) is 3.92. The highest BCUT2D eigenvalue weighted by Gasteiger charge is 2.34. The molecule has 7 heteroatoms. The number of rotatable bonds is 3. The van der Waals surface area contributed by atoms with Crippen molar-refractivity contribution in [2.24, 2.45) is 0 Å². The molecule has 2 heterocycles. The normalized spacial score (nSPS) is 17.3. The third-order valence-corrected chi connectivity index (χ3v) is 4.12. The molecule has 0 spiro atoms. The lowest BCUT2D eigenvalue weighted by molar-refractivity contribution is -0.117. The molecule has 2 aromatic carbocycles. The van der Waals surface area contributed by atoms with E-state index in [0.29, 0.717) is 23.6 Å². The highest BCUT2D eigenvalue weighted by atomic mass is 19.1. The van der Waals surface area contributed by atoms with E-state index in [1.165, 1.54) is 29.2 Å². The fourth-order valence-corrected chi connectivity index (χ4v) is 2.91. The van der Waals surface area contributed by atoms with Crippen molar-refractivity contribution in [2.45, 2.75) is 12.3 Å². The number of carbonyl (C=O) groups is 1. The summed E-state index contributed by atoms with van der Waals surface area (Å²) in [5.74, 6) is -0.612. The lowest BCUT2D eigenvalue weighted by Gasteiger charge is -2.15. The Morgan fingerprint density at radius 1 is 1.08 bits per heavy atom. The number of benzene rings is 2. The molecule has 0 bridgehead atoms. The Morgan fingerprint density at radius 3 is 2.60 bits per heavy atom. The van der Waals surface area contributed by atoms with E-state index in [1.54, 1.807) is 24.3 Å². The molecule has 1 fully saturated rings. The third kappa shape index (κ3) is 3.00. The minimum Gasteiger partial charge on any atom is -0.334 e. The highest BCUT2D eigenvalue weighted by Crippen LogP contribution is 2.31. The van der Waals surface area contributed by atoms with E-state index in [9.17, 15) is 13.6 Å². The van der Waals surface area contributed by atoms with Gasteiger partial charge >= 0.3 is 0 Å². The first-order valence-electron chi connectivity index (χ1n) is 7.75. The zero-order valence-electron chi connectivity index (χ0n) is 13.0. The highest BCUT2D eigenvalue weighted by molar-refractivity contribution is 5.96. The van der Waals surface area contributed by atoms with Crippen molar-refractivity contribution in [3.8, 4) is 11.5 Å². The van der Waals surface area contributed by atoms with Crippen molar-refractivity contribution >= 4 is 11.6 Å². The van der Waals surface area contributed by atoms with Crippen molar-refractivity contribution in [2.75, 3.05) is 11.4 Å². The van der Waals surface area contributed by atoms with E-state index in [4.69, 9.17) is 4.52 Å². The first-order chi connectivity index (χ1) is 12.1. The molecule has 1 aliphatic heterocycles. The van der Waals surface area contributed by atoms with E-state index in [0.717, 1.165) is 0 Å². The first kappa shape index (κ1) is 15.4. The second kappa shape index (κ2) is 6.08. The van der Waals surface area contributed by atoms with Gasteiger partial charge in [-0.15, -0.1) is 0 Å². The summed E-state index contributed by atoms with van der Waals surface area (Å²) >= 11 is 0. The molecule has 0 radical (unpaired) electrons. The van der Waals surface area contributed by atoms with E-state index in [1.807, 2.05) is 0 Å². The number of nitrogens with zero attached hydrogens (tertiary/aromatic N) is 3. The smallest absolute Gasteiger partial charge is 0.258 e. The maximum Gasteiger partial charge on any atom is 0.258 e. The largest absolute Gasteiger partial charge is 0.334 e. The Kier molecular flexibility index (Phi) is 3.76. The molecular weight excluding hydrogens is 328 g/mol. The summed E-state index contributed by atoms with van der Waals surface area (Å²) < 4.78 is 31.9. The van der Waals surface area contributed by atoms with Crippen LogP contribution in [0.15, 0.2) is 53.1 Å². The quantitative estimate of drug-likeness (QED) is 0.731. The Morgan fingerprint density at radius 2 is 1.84 bits per heavy atom. The van der Waals surface area contributed by atoms with Crippen LogP contribution in [-0.4, -0.2) is 22.6 Å². The molecule has 1 unspecified atom stereocenters. The van der Waals surface area contributed by atoms with Gasteiger partial charge in [0.2, 0.25) is 5.91 Å². The number of hydrogen-bond acceptors (Lipinski definition) is 4. The van der Waals surface area contributed by atoms with Crippen LogP contribution in [-0.2, 0) is 4.79 Å². The molecule has 0 saturated carbocycles. The van der Waals surface area contributed by atoms with Crippen LogP contribution >= 0.6 is 0 Å². The summed E-state index contributed by atoms with van der Waals surface area (Å²) in [7, 11) is 0. The molecule has 1 aromatic heterocycles. The summed E-state index contributed by atoms with van der Waals surface area (Å²) in [6.07, 6.45) is 0.207. The minimum atomic E-state index is -0.401. The molecule has 4 rings (SSSR count). The Balaban J connectivity index is 1.57. The van der Waals surface area contributed by atoms with Gasteiger partial charge in [-0.05, 0) is 36.4 Å².